The number of nitrogens with zero attached hydrogens (tertiary/aromatic N) is 2. The lowest BCUT2D eigenvalue weighted by atomic mass is 10.2. The van der Waals surface area contributed by atoms with Crippen molar-refractivity contribution in [1.82, 2.24) is 9.97 Å². The first-order valence-corrected chi connectivity index (χ1v) is 6.54. The van der Waals surface area contributed by atoms with Gasteiger partial charge in [0.15, 0.2) is 0 Å². The molecule has 0 spiro atoms. The molecule has 4 nitrogen and oxygen atoms in total. The number of amides is 1. The van der Waals surface area contributed by atoms with Crippen LogP contribution in [0.3, 0.4) is 0 Å². The highest BCUT2D eigenvalue weighted by Crippen LogP contribution is 2.17. The first-order valence-electron chi connectivity index (χ1n) is 6.54. The summed E-state index contributed by atoms with van der Waals surface area (Å²) in [6.07, 6.45) is 0. The van der Waals surface area contributed by atoms with Crippen molar-refractivity contribution >= 4 is 22.6 Å². The average Bonchev–Trinajstić information content (AvgIpc) is 2.49. The van der Waals surface area contributed by atoms with E-state index in [9.17, 15) is 13.6 Å². The monoisotopic (exact) mass is 299 g/mol. The van der Waals surface area contributed by atoms with Gasteiger partial charge in [-0.25, -0.2) is 18.7 Å². The van der Waals surface area contributed by atoms with Crippen LogP contribution in [0.25, 0.3) is 11.0 Å². The van der Waals surface area contributed by atoms with Crippen molar-refractivity contribution in [2.45, 2.75) is 6.92 Å². The highest BCUT2D eigenvalue weighted by Gasteiger charge is 2.15. The van der Waals surface area contributed by atoms with Crippen LogP contribution in [0.15, 0.2) is 42.5 Å². The molecule has 1 aromatic heterocycles. The van der Waals surface area contributed by atoms with Gasteiger partial charge >= 0.3 is 0 Å². The fourth-order valence-electron chi connectivity index (χ4n) is 2.08. The van der Waals surface area contributed by atoms with Gasteiger partial charge in [-0.2, -0.15) is 0 Å². The van der Waals surface area contributed by atoms with Crippen LogP contribution in [0.1, 0.15) is 16.2 Å². The zero-order valence-electron chi connectivity index (χ0n) is 11.6. The van der Waals surface area contributed by atoms with Crippen molar-refractivity contribution in [1.29, 1.82) is 0 Å². The van der Waals surface area contributed by atoms with E-state index in [4.69, 9.17) is 0 Å². The summed E-state index contributed by atoms with van der Waals surface area (Å²) in [5.74, 6) is -2.15. The molecule has 6 heteroatoms. The molecular formula is C16H11F2N3O. The van der Waals surface area contributed by atoms with Crippen molar-refractivity contribution in [3.63, 3.8) is 0 Å². The third-order valence-corrected chi connectivity index (χ3v) is 3.14. The molecule has 3 aromatic rings. The van der Waals surface area contributed by atoms with Gasteiger partial charge in [0.1, 0.15) is 17.3 Å². The number of hydrogen-bond acceptors (Lipinski definition) is 3. The van der Waals surface area contributed by atoms with Crippen molar-refractivity contribution in [3.05, 3.63) is 65.5 Å². The Hall–Kier alpha value is -2.89. The lowest BCUT2D eigenvalue weighted by Crippen LogP contribution is -2.17. The molecule has 0 saturated heterocycles. The standard InChI is InChI=1S/C16H11F2N3O/c1-9-15(20-14-5-3-2-4-13(14)19-9)16(22)21-12-7-6-10(17)8-11(12)18/h2-8H,1H3,(H,21,22). The maximum absolute atomic E-state index is 13.6. The van der Waals surface area contributed by atoms with Crippen molar-refractivity contribution in [2.75, 3.05) is 5.32 Å². The van der Waals surface area contributed by atoms with Gasteiger partial charge in [-0.05, 0) is 31.2 Å². The van der Waals surface area contributed by atoms with Crippen LogP contribution in [0.4, 0.5) is 14.5 Å². The maximum atomic E-state index is 13.6. The van der Waals surface area contributed by atoms with Crippen LogP contribution < -0.4 is 5.32 Å². The number of fused-ring (bicyclic) bond motifs is 1. The molecule has 0 atom stereocenters. The second kappa shape index (κ2) is 5.48. The Morgan fingerprint density at radius 2 is 1.73 bits per heavy atom. The number of aryl methyl sites for hydroxylation is 1. The van der Waals surface area contributed by atoms with Gasteiger partial charge in [0, 0.05) is 6.07 Å². The Balaban J connectivity index is 1.96. The number of halogens is 2. The minimum Gasteiger partial charge on any atom is -0.318 e. The second-order valence-corrected chi connectivity index (χ2v) is 4.72. The van der Waals surface area contributed by atoms with Gasteiger partial charge in [0.25, 0.3) is 5.91 Å². The number of aromatic nitrogens is 2. The number of hydrogen-bond donors (Lipinski definition) is 1. The summed E-state index contributed by atoms with van der Waals surface area (Å²) in [6.45, 7) is 1.65. The lowest BCUT2D eigenvalue weighted by molar-refractivity contribution is 0.102. The van der Waals surface area contributed by atoms with Crippen LogP contribution in [-0.4, -0.2) is 15.9 Å². The summed E-state index contributed by atoms with van der Waals surface area (Å²) in [5.41, 5.74) is 1.66. The number of carbonyl (C=O) groups is 1. The van der Waals surface area contributed by atoms with Crippen LogP contribution in [0.5, 0.6) is 0 Å². The molecule has 1 N–H and O–H groups in total. The number of carbonyl (C=O) groups excluding carboxylic acids is 1. The third kappa shape index (κ3) is 2.63. The van der Waals surface area contributed by atoms with Crippen LogP contribution in [0, 0.1) is 18.6 Å². The van der Waals surface area contributed by atoms with E-state index in [0.29, 0.717) is 22.8 Å². The maximum Gasteiger partial charge on any atom is 0.276 e. The average molecular weight is 299 g/mol. The molecule has 0 aliphatic carbocycles. The lowest BCUT2D eigenvalue weighted by Gasteiger charge is -2.08. The van der Waals surface area contributed by atoms with E-state index in [1.165, 1.54) is 0 Å². The molecule has 3 rings (SSSR count). The van der Waals surface area contributed by atoms with Crippen molar-refractivity contribution in [2.24, 2.45) is 0 Å². The number of anilines is 1. The molecule has 0 bridgehead atoms. The molecule has 0 aliphatic heterocycles. The molecule has 22 heavy (non-hydrogen) atoms. The summed E-state index contributed by atoms with van der Waals surface area (Å²) in [5, 5.41) is 2.38. The normalized spacial score (nSPS) is 10.7. The quantitative estimate of drug-likeness (QED) is 0.788. The number of rotatable bonds is 2. The predicted octanol–water partition coefficient (Wildman–Crippen LogP) is 3.47. The molecule has 2 aromatic carbocycles. The minimum atomic E-state index is -0.847. The summed E-state index contributed by atoms with van der Waals surface area (Å²) >= 11 is 0. The molecule has 1 amide bonds. The van der Waals surface area contributed by atoms with Crippen molar-refractivity contribution < 1.29 is 13.6 Å². The van der Waals surface area contributed by atoms with Gasteiger partial charge in [0.2, 0.25) is 0 Å². The second-order valence-electron chi connectivity index (χ2n) is 4.72. The summed E-state index contributed by atoms with van der Waals surface area (Å²) < 4.78 is 26.5. The zero-order chi connectivity index (χ0) is 15.7. The van der Waals surface area contributed by atoms with Gasteiger partial charge < -0.3 is 5.32 Å². The van der Waals surface area contributed by atoms with E-state index >= 15 is 0 Å². The molecule has 0 fully saturated rings. The van der Waals surface area contributed by atoms with Gasteiger partial charge in [-0.15, -0.1) is 0 Å². The van der Waals surface area contributed by atoms with Gasteiger partial charge in [-0.3, -0.25) is 4.79 Å². The van der Waals surface area contributed by atoms with E-state index in [1.807, 2.05) is 6.07 Å². The smallest absolute Gasteiger partial charge is 0.276 e. The Bertz CT molecular complexity index is 880. The molecule has 110 valence electrons. The Labute approximate surface area is 124 Å². The van der Waals surface area contributed by atoms with Gasteiger partial charge in [-0.1, -0.05) is 12.1 Å². The largest absolute Gasteiger partial charge is 0.318 e. The van der Waals surface area contributed by atoms with Crippen LogP contribution in [0.2, 0.25) is 0 Å². The van der Waals surface area contributed by atoms with E-state index in [0.717, 1.165) is 12.1 Å². The zero-order valence-corrected chi connectivity index (χ0v) is 11.6. The fraction of sp³-hybridized carbons (Fsp3) is 0.0625. The van der Waals surface area contributed by atoms with E-state index in [2.05, 4.69) is 15.3 Å². The molecule has 1 heterocycles. The Morgan fingerprint density at radius 3 is 2.41 bits per heavy atom. The molecular weight excluding hydrogens is 288 g/mol. The number of para-hydroxylation sites is 2. The van der Waals surface area contributed by atoms with Crippen molar-refractivity contribution in [3.8, 4) is 0 Å². The highest BCUT2D eigenvalue weighted by atomic mass is 19.1. The topological polar surface area (TPSA) is 54.9 Å². The fourth-order valence-corrected chi connectivity index (χ4v) is 2.08. The molecule has 0 saturated carbocycles. The third-order valence-electron chi connectivity index (χ3n) is 3.14. The molecule has 0 radical (unpaired) electrons. The summed E-state index contributed by atoms with van der Waals surface area (Å²) in [4.78, 5) is 20.8. The first kappa shape index (κ1) is 14.1. The molecule has 0 aliphatic rings. The summed E-state index contributed by atoms with van der Waals surface area (Å²) in [6, 6.07) is 10.1. The van der Waals surface area contributed by atoms with E-state index in [1.54, 1.807) is 25.1 Å². The first-order chi connectivity index (χ1) is 10.5. The Morgan fingerprint density at radius 1 is 1.05 bits per heavy atom. The van der Waals surface area contributed by atoms with Gasteiger partial charge in [0.05, 0.1) is 22.4 Å². The highest BCUT2D eigenvalue weighted by molar-refractivity contribution is 6.04. The number of nitrogens with one attached hydrogen (secondary N) is 1. The minimum absolute atomic E-state index is 0.0995. The van der Waals surface area contributed by atoms with E-state index < -0.39 is 17.5 Å². The SMILES string of the molecule is Cc1nc2ccccc2nc1C(=O)Nc1ccc(F)cc1F. The summed E-state index contributed by atoms with van der Waals surface area (Å²) in [7, 11) is 0. The molecule has 0 unspecified atom stereocenters. The van der Waals surface area contributed by atoms with E-state index in [-0.39, 0.29) is 11.4 Å². The van der Waals surface area contributed by atoms with Crippen LogP contribution >= 0.6 is 0 Å². The number of benzene rings is 2. The van der Waals surface area contributed by atoms with Crippen LogP contribution in [-0.2, 0) is 0 Å². The predicted molar refractivity (Wildman–Crippen MR) is 78.6 cm³/mol. The Kier molecular flexibility index (Phi) is 3.50.